The molecule has 148 valence electrons. The third kappa shape index (κ3) is 4.07. The molecule has 2 fully saturated rings. The van der Waals surface area contributed by atoms with Gasteiger partial charge in [-0.15, -0.1) is 0 Å². The van der Waals surface area contributed by atoms with Crippen LogP contribution in [0.2, 0.25) is 0 Å². The van der Waals surface area contributed by atoms with Crippen LogP contribution in [0.4, 0.5) is 11.6 Å². The summed E-state index contributed by atoms with van der Waals surface area (Å²) in [5.74, 6) is 0.595. The van der Waals surface area contributed by atoms with Crippen molar-refractivity contribution in [2.75, 3.05) is 43.1 Å². The summed E-state index contributed by atoms with van der Waals surface area (Å²) in [6.45, 7) is 5.28. The number of anilines is 2. The lowest BCUT2D eigenvalue weighted by molar-refractivity contribution is -0.169. The van der Waals surface area contributed by atoms with Gasteiger partial charge in [0.25, 0.3) is 5.91 Å². The Hall–Kier alpha value is -2.71. The van der Waals surface area contributed by atoms with Gasteiger partial charge in [0.1, 0.15) is 11.4 Å². The van der Waals surface area contributed by atoms with Crippen LogP contribution in [0.3, 0.4) is 0 Å². The lowest BCUT2D eigenvalue weighted by atomic mass is 10.0. The van der Waals surface area contributed by atoms with Crippen LogP contribution in [0.1, 0.15) is 30.3 Å². The van der Waals surface area contributed by atoms with Gasteiger partial charge in [0.15, 0.2) is 5.79 Å². The molecule has 1 spiro atoms. The summed E-state index contributed by atoms with van der Waals surface area (Å²) in [6.07, 6.45) is 3.14. The second kappa shape index (κ2) is 8.12. The van der Waals surface area contributed by atoms with E-state index in [4.69, 9.17) is 14.2 Å². The predicted molar refractivity (Wildman–Crippen MR) is 104 cm³/mol. The van der Waals surface area contributed by atoms with Crippen LogP contribution in [0.15, 0.2) is 36.5 Å². The molecule has 0 aliphatic carbocycles. The van der Waals surface area contributed by atoms with Gasteiger partial charge in [0, 0.05) is 37.8 Å². The fourth-order valence-electron chi connectivity index (χ4n) is 3.46. The average molecular weight is 384 g/mol. The number of amides is 1. The van der Waals surface area contributed by atoms with E-state index in [-0.39, 0.29) is 5.91 Å². The van der Waals surface area contributed by atoms with Crippen molar-refractivity contribution in [2.45, 2.75) is 25.6 Å². The van der Waals surface area contributed by atoms with Crippen LogP contribution in [0.5, 0.6) is 5.75 Å². The molecule has 2 aliphatic rings. The maximum atomic E-state index is 12.6. The molecule has 1 N–H and O–H groups in total. The summed E-state index contributed by atoms with van der Waals surface area (Å²) >= 11 is 0. The number of nitrogens with zero attached hydrogens (tertiary/aromatic N) is 3. The van der Waals surface area contributed by atoms with E-state index in [1.165, 1.54) is 0 Å². The molecule has 0 unspecified atom stereocenters. The largest absolute Gasteiger partial charge is 0.494 e. The Morgan fingerprint density at radius 3 is 2.57 bits per heavy atom. The van der Waals surface area contributed by atoms with Crippen LogP contribution < -0.4 is 15.0 Å². The number of hydrogen-bond donors (Lipinski definition) is 1. The zero-order valence-electron chi connectivity index (χ0n) is 15.9. The lowest BCUT2D eigenvalue weighted by Gasteiger charge is -2.37. The van der Waals surface area contributed by atoms with Crippen molar-refractivity contribution in [3.63, 3.8) is 0 Å². The van der Waals surface area contributed by atoms with E-state index in [0.29, 0.717) is 37.2 Å². The summed E-state index contributed by atoms with van der Waals surface area (Å²) < 4.78 is 16.9. The van der Waals surface area contributed by atoms with Gasteiger partial charge in [-0.2, -0.15) is 0 Å². The van der Waals surface area contributed by atoms with Crippen molar-refractivity contribution >= 4 is 17.5 Å². The Bertz CT molecular complexity index is 811. The Morgan fingerprint density at radius 2 is 1.89 bits per heavy atom. The number of carbonyl (C=O) groups is 1. The van der Waals surface area contributed by atoms with Gasteiger partial charge >= 0.3 is 0 Å². The quantitative estimate of drug-likeness (QED) is 0.847. The Balaban J connectivity index is 1.39. The molecule has 8 heteroatoms. The fourth-order valence-corrected chi connectivity index (χ4v) is 3.46. The highest BCUT2D eigenvalue weighted by Crippen LogP contribution is 2.32. The number of benzene rings is 1. The molecule has 0 saturated carbocycles. The third-order valence-corrected chi connectivity index (χ3v) is 4.92. The molecule has 2 aromatic rings. The second-order valence-electron chi connectivity index (χ2n) is 6.75. The van der Waals surface area contributed by atoms with Crippen molar-refractivity contribution in [1.29, 1.82) is 0 Å². The van der Waals surface area contributed by atoms with Gasteiger partial charge in [-0.25, -0.2) is 9.97 Å². The molecule has 3 heterocycles. The average Bonchev–Trinajstić information content (AvgIpc) is 3.18. The molecule has 2 saturated heterocycles. The summed E-state index contributed by atoms with van der Waals surface area (Å²) in [5.41, 5.74) is 1.01. The van der Waals surface area contributed by atoms with Crippen molar-refractivity contribution in [1.82, 2.24) is 9.97 Å². The molecule has 0 atom stereocenters. The standard InChI is InChI=1S/C20H24N4O4/c1-2-26-16-5-3-15(4-6-16)22-18(25)17-7-10-21-19(23-17)24-11-8-20(9-12-24)27-13-14-28-20/h3-7,10H,2,8-9,11-14H2,1H3,(H,22,25). The van der Waals surface area contributed by atoms with Gasteiger partial charge in [-0.3, -0.25) is 4.79 Å². The maximum Gasteiger partial charge on any atom is 0.274 e. The highest BCUT2D eigenvalue weighted by molar-refractivity contribution is 6.03. The van der Waals surface area contributed by atoms with Gasteiger partial charge in [-0.05, 0) is 37.3 Å². The molecule has 0 radical (unpaired) electrons. The maximum absolute atomic E-state index is 12.6. The minimum absolute atomic E-state index is 0.274. The molecule has 28 heavy (non-hydrogen) atoms. The number of hydrogen-bond acceptors (Lipinski definition) is 7. The monoisotopic (exact) mass is 384 g/mol. The van der Waals surface area contributed by atoms with E-state index in [2.05, 4.69) is 20.2 Å². The van der Waals surface area contributed by atoms with E-state index < -0.39 is 5.79 Å². The highest BCUT2D eigenvalue weighted by atomic mass is 16.7. The summed E-state index contributed by atoms with van der Waals surface area (Å²) in [4.78, 5) is 23.4. The van der Waals surface area contributed by atoms with Crippen LogP contribution in [0, 0.1) is 0 Å². The zero-order chi connectivity index (χ0) is 19.4. The van der Waals surface area contributed by atoms with Crippen molar-refractivity contribution in [3.8, 4) is 5.75 Å². The van der Waals surface area contributed by atoms with Crippen LogP contribution in [-0.4, -0.2) is 54.6 Å². The van der Waals surface area contributed by atoms with Gasteiger partial charge in [-0.1, -0.05) is 0 Å². The number of nitrogens with one attached hydrogen (secondary N) is 1. The van der Waals surface area contributed by atoms with E-state index in [9.17, 15) is 4.79 Å². The van der Waals surface area contributed by atoms with E-state index in [0.717, 1.165) is 31.7 Å². The molecule has 1 aromatic heterocycles. The normalized spacial score (nSPS) is 18.2. The molecule has 1 amide bonds. The molecule has 2 aliphatic heterocycles. The second-order valence-corrected chi connectivity index (χ2v) is 6.75. The minimum Gasteiger partial charge on any atom is -0.494 e. The predicted octanol–water partition coefficient (Wildman–Crippen LogP) is 2.47. The number of carbonyl (C=O) groups excluding carboxylic acids is 1. The molecule has 4 rings (SSSR count). The number of rotatable bonds is 5. The Kier molecular flexibility index (Phi) is 5.40. The Morgan fingerprint density at radius 1 is 1.18 bits per heavy atom. The first kappa shape index (κ1) is 18.6. The molecule has 0 bridgehead atoms. The van der Waals surface area contributed by atoms with Crippen molar-refractivity contribution < 1.29 is 19.0 Å². The van der Waals surface area contributed by atoms with E-state index in [1.807, 2.05) is 19.1 Å². The zero-order valence-corrected chi connectivity index (χ0v) is 15.9. The summed E-state index contributed by atoms with van der Waals surface area (Å²) in [6, 6.07) is 8.86. The van der Waals surface area contributed by atoms with Gasteiger partial charge in [0.2, 0.25) is 5.95 Å². The van der Waals surface area contributed by atoms with E-state index in [1.54, 1.807) is 24.4 Å². The first-order chi connectivity index (χ1) is 13.7. The SMILES string of the molecule is CCOc1ccc(NC(=O)c2ccnc(N3CCC4(CC3)OCCO4)n2)cc1. The van der Waals surface area contributed by atoms with Crippen LogP contribution in [0.25, 0.3) is 0 Å². The lowest BCUT2D eigenvalue weighted by Crippen LogP contribution is -2.45. The molecular weight excluding hydrogens is 360 g/mol. The molecule has 8 nitrogen and oxygen atoms in total. The topological polar surface area (TPSA) is 85.8 Å². The first-order valence-corrected chi connectivity index (χ1v) is 9.58. The Labute approximate surface area is 163 Å². The highest BCUT2D eigenvalue weighted by Gasteiger charge is 2.40. The smallest absolute Gasteiger partial charge is 0.274 e. The third-order valence-electron chi connectivity index (χ3n) is 4.92. The van der Waals surface area contributed by atoms with Crippen LogP contribution in [-0.2, 0) is 9.47 Å². The van der Waals surface area contributed by atoms with Crippen molar-refractivity contribution in [3.05, 3.63) is 42.2 Å². The van der Waals surface area contributed by atoms with Crippen molar-refractivity contribution in [2.24, 2.45) is 0 Å². The van der Waals surface area contributed by atoms with Gasteiger partial charge in [0.05, 0.1) is 19.8 Å². The number of ether oxygens (including phenoxy) is 3. The first-order valence-electron chi connectivity index (χ1n) is 9.58. The summed E-state index contributed by atoms with van der Waals surface area (Å²) in [7, 11) is 0. The fraction of sp³-hybridized carbons (Fsp3) is 0.450. The minimum atomic E-state index is -0.445. The molecular formula is C20H24N4O4. The van der Waals surface area contributed by atoms with E-state index >= 15 is 0 Å². The van der Waals surface area contributed by atoms with Crippen LogP contribution >= 0.6 is 0 Å². The molecule has 1 aromatic carbocycles. The summed E-state index contributed by atoms with van der Waals surface area (Å²) in [5, 5.41) is 2.85. The number of piperidine rings is 1. The number of aromatic nitrogens is 2. The van der Waals surface area contributed by atoms with Gasteiger partial charge < -0.3 is 24.4 Å².